The SMILES string of the molecule is COc1ccc(-c2cc3cccc(Cn4nc(C(=O)O)cc4C)n3n2)cc1. The fraction of sp³-hybridized carbons (Fsp3) is 0.150. The molecule has 0 aliphatic heterocycles. The molecule has 0 aliphatic carbocycles. The largest absolute Gasteiger partial charge is 0.497 e. The number of nitrogens with zero attached hydrogens (tertiary/aromatic N) is 4. The van der Waals surface area contributed by atoms with Crippen molar-refractivity contribution < 1.29 is 14.6 Å². The zero-order chi connectivity index (χ0) is 19.0. The first-order valence-corrected chi connectivity index (χ1v) is 8.45. The van der Waals surface area contributed by atoms with Crippen LogP contribution in [0.4, 0.5) is 0 Å². The summed E-state index contributed by atoms with van der Waals surface area (Å²) >= 11 is 0. The lowest BCUT2D eigenvalue weighted by Gasteiger charge is -2.07. The molecule has 0 bridgehead atoms. The van der Waals surface area contributed by atoms with Gasteiger partial charge < -0.3 is 9.84 Å². The minimum atomic E-state index is -1.03. The highest BCUT2D eigenvalue weighted by Crippen LogP contribution is 2.23. The number of methoxy groups -OCH3 is 1. The van der Waals surface area contributed by atoms with Gasteiger partial charge >= 0.3 is 5.97 Å². The van der Waals surface area contributed by atoms with Crippen molar-refractivity contribution in [2.24, 2.45) is 0 Å². The van der Waals surface area contributed by atoms with Gasteiger partial charge in [-0.3, -0.25) is 4.68 Å². The number of hydrogen-bond acceptors (Lipinski definition) is 4. The van der Waals surface area contributed by atoms with Crippen LogP contribution in [0.3, 0.4) is 0 Å². The van der Waals surface area contributed by atoms with Crippen LogP contribution in [0.15, 0.2) is 54.6 Å². The maximum Gasteiger partial charge on any atom is 0.356 e. The summed E-state index contributed by atoms with van der Waals surface area (Å²) in [6.45, 7) is 2.27. The summed E-state index contributed by atoms with van der Waals surface area (Å²) in [6, 6.07) is 17.2. The molecule has 1 aromatic carbocycles. The lowest BCUT2D eigenvalue weighted by Crippen LogP contribution is -2.09. The van der Waals surface area contributed by atoms with E-state index >= 15 is 0 Å². The van der Waals surface area contributed by atoms with Gasteiger partial charge in [0, 0.05) is 11.3 Å². The zero-order valence-electron chi connectivity index (χ0n) is 15.0. The molecule has 1 N–H and O–H groups in total. The van der Waals surface area contributed by atoms with Gasteiger partial charge in [0.25, 0.3) is 0 Å². The van der Waals surface area contributed by atoms with Gasteiger partial charge in [-0.1, -0.05) is 6.07 Å². The molecular weight excluding hydrogens is 344 g/mol. The molecule has 3 heterocycles. The number of hydrogen-bond donors (Lipinski definition) is 1. The fourth-order valence-corrected chi connectivity index (χ4v) is 3.02. The van der Waals surface area contributed by atoms with Crippen LogP contribution in [0.5, 0.6) is 5.75 Å². The molecule has 0 fully saturated rings. The van der Waals surface area contributed by atoms with Gasteiger partial charge in [0.15, 0.2) is 5.69 Å². The Morgan fingerprint density at radius 3 is 2.56 bits per heavy atom. The molecule has 0 atom stereocenters. The van der Waals surface area contributed by atoms with E-state index in [1.165, 1.54) is 0 Å². The molecule has 3 aromatic heterocycles. The highest BCUT2D eigenvalue weighted by Gasteiger charge is 2.13. The molecular formula is C20H18N4O3. The van der Waals surface area contributed by atoms with E-state index in [9.17, 15) is 4.79 Å². The molecule has 136 valence electrons. The number of rotatable bonds is 5. The molecule has 0 unspecified atom stereocenters. The second-order valence-electron chi connectivity index (χ2n) is 6.25. The molecule has 0 aliphatic rings. The Morgan fingerprint density at radius 2 is 1.89 bits per heavy atom. The van der Waals surface area contributed by atoms with Gasteiger partial charge in [-0.2, -0.15) is 10.2 Å². The molecule has 7 heteroatoms. The van der Waals surface area contributed by atoms with Crippen molar-refractivity contribution in [2.75, 3.05) is 7.11 Å². The predicted octanol–water partition coefficient (Wildman–Crippen LogP) is 3.26. The fourth-order valence-electron chi connectivity index (χ4n) is 3.02. The maximum atomic E-state index is 11.1. The third-order valence-electron chi connectivity index (χ3n) is 4.46. The number of carbonyl (C=O) groups is 1. The van der Waals surface area contributed by atoms with Crippen LogP contribution in [0.2, 0.25) is 0 Å². The van der Waals surface area contributed by atoms with Crippen LogP contribution in [-0.4, -0.2) is 37.6 Å². The van der Waals surface area contributed by atoms with Crippen molar-refractivity contribution >= 4 is 11.5 Å². The molecule has 4 rings (SSSR count). The van der Waals surface area contributed by atoms with E-state index in [1.807, 2.05) is 60.0 Å². The lowest BCUT2D eigenvalue weighted by molar-refractivity contribution is 0.0689. The summed E-state index contributed by atoms with van der Waals surface area (Å²) < 4.78 is 8.74. The first-order chi connectivity index (χ1) is 13.0. The van der Waals surface area contributed by atoms with Gasteiger partial charge in [-0.05, 0) is 55.5 Å². The molecule has 0 radical (unpaired) electrons. The van der Waals surface area contributed by atoms with Crippen LogP contribution in [-0.2, 0) is 6.54 Å². The summed E-state index contributed by atoms with van der Waals surface area (Å²) in [6.07, 6.45) is 0. The number of pyridine rings is 1. The summed E-state index contributed by atoms with van der Waals surface area (Å²) in [7, 11) is 1.64. The third-order valence-corrected chi connectivity index (χ3v) is 4.46. The Morgan fingerprint density at radius 1 is 1.11 bits per heavy atom. The number of aromatic nitrogens is 4. The number of ether oxygens (including phenoxy) is 1. The van der Waals surface area contributed by atoms with Crippen molar-refractivity contribution in [2.45, 2.75) is 13.5 Å². The monoisotopic (exact) mass is 362 g/mol. The number of benzene rings is 1. The smallest absolute Gasteiger partial charge is 0.356 e. The molecule has 0 spiro atoms. The number of aromatic carboxylic acids is 1. The van der Waals surface area contributed by atoms with E-state index < -0.39 is 5.97 Å². The van der Waals surface area contributed by atoms with E-state index in [2.05, 4.69) is 5.10 Å². The molecule has 4 aromatic rings. The van der Waals surface area contributed by atoms with Crippen LogP contribution in [0.1, 0.15) is 21.9 Å². The van der Waals surface area contributed by atoms with Crippen LogP contribution >= 0.6 is 0 Å². The zero-order valence-corrected chi connectivity index (χ0v) is 15.0. The number of aryl methyl sites for hydroxylation is 1. The van der Waals surface area contributed by atoms with Gasteiger partial charge in [0.05, 0.1) is 30.6 Å². The average molecular weight is 362 g/mol. The highest BCUT2D eigenvalue weighted by molar-refractivity contribution is 5.85. The van der Waals surface area contributed by atoms with Crippen molar-refractivity contribution in [1.29, 1.82) is 0 Å². The van der Waals surface area contributed by atoms with Gasteiger partial charge in [-0.25, -0.2) is 9.31 Å². The summed E-state index contributed by atoms with van der Waals surface area (Å²) in [5.74, 6) is -0.234. The highest BCUT2D eigenvalue weighted by atomic mass is 16.5. The van der Waals surface area contributed by atoms with E-state index in [0.717, 1.165) is 33.9 Å². The summed E-state index contributed by atoms with van der Waals surface area (Å²) in [5.41, 5.74) is 4.55. The minimum absolute atomic E-state index is 0.0408. The Balaban J connectivity index is 1.71. The normalized spacial score (nSPS) is 11.0. The van der Waals surface area contributed by atoms with Crippen molar-refractivity contribution in [1.82, 2.24) is 19.4 Å². The Hall–Kier alpha value is -3.61. The molecule has 0 saturated carbocycles. The summed E-state index contributed by atoms with van der Waals surface area (Å²) in [5, 5.41) is 18.0. The van der Waals surface area contributed by atoms with E-state index in [0.29, 0.717) is 6.54 Å². The number of fused-ring (bicyclic) bond motifs is 1. The van der Waals surface area contributed by atoms with Gasteiger partial charge in [0.2, 0.25) is 0 Å². The van der Waals surface area contributed by atoms with Crippen molar-refractivity contribution in [3.8, 4) is 17.0 Å². The van der Waals surface area contributed by atoms with Crippen LogP contribution in [0.25, 0.3) is 16.8 Å². The topological polar surface area (TPSA) is 81.7 Å². The number of carboxylic acids is 1. The first kappa shape index (κ1) is 16.8. The van der Waals surface area contributed by atoms with E-state index in [4.69, 9.17) is 14.9 Å². The molecule has 27 heavy (non-hydrogen) atoms. The number of carboxylic acid groups (broad SMARTS) is 1. The lowest BCUT2D eigenvalue weighted by atomic mass is 10.1. The quantitative estimate of drug-likeness (QED) is 0.589. The maximum absolute atomic E-state index is 11.1. The van der Waals surface area contributed by atoms with Crippen LogP contribution < -0.4 is 4.74 Å². The van der Waals surface area contributed by atoms with Gasteiger partial charge in [0.1, 0.15) is 5.75 Å². The first-order valence-electron chi connectivity index (χ1n) is 8.45. The Kier molecular flexibility index (Phi) is 4.12. The second kappa shape index (κ2) is 6.60. The molecule has 0 amide bonds. The third kappa shape index (κ3) is 3.15. The molecule has 0 saturated heterocycles. The minimum Gasteiger partial charge on any atom is -0.497 e. The average Bonchev–Trinajstić information content (AvgIpc) is 3.26. The Bertz CT molecular complexity index is 1130. The van der Waals surface area contributed by atoms with Crippen molar-refractivity contribution in [3.63, 3.8) is 0 Å². The van der Waals surface area contributed by atoms with Crippen molar-refractivity contribution in [3.05, 3.63) is 71.7 Å². The van der Waals surface area contributed by atoms with Gasteiger partial charge in [-0.15, -0.1) is 0 Å². The van der Waals surface area contributed by atoms with Crippen LogP contribution in [0, 0.1) is 6.92 Å². The second-order valence-corrected chi connectivity index (χ2v) is 6.25. The van der Waals surface area contributed by atoms with E-state index in [-0.39, 0.29) is 5.69 Å². The predicted molar refractivity (Wildman–Crippen MR) is 100 cm³/mol. The standard InChI is InChI=1S/C20H18N4O3/c1-13-10-19(20(25)26)21-23(13)12-16-5-3-4-15-11-18(22-24(15)16)14-6-8-17(27-2)9-7-14/h3-11H,12H2,1-2H3,(H,25,26). The Labute approximate surface area is 155 Å². The van der Waals surface area contributed by atoms with E-state index in [1.54, 1.807) is 17.9 Å². The summed E-state index contributed by atoms with van der Waals surface area (Å²) in [4.78, 5) is 11.1. The molecule has 7 nitrogen and oxygen atoms in total.